The quantitative estimate of drug-likeness (QED) is 0.908. The van der Waals surface area contributed by atoms with Crippen LogP contribution in [0.1, 0.15) is 37.7 Å². The summed E-state index contributed by atoms with van der Waals surface area (Å²) in [6.07, 6.45) is 4.06. The van der Waals surface area contributed by atoms with Gasteiger partial charge >= 0.3 is 5.97 Å². The molecule has 0 aromatic carbocycles. The van der Waals surface area contributed by atoms with Gasteiger partial charge in [0.05, 0.1) is 5.92 Å². The van der Waals surface area contributed by atoms with Crippen molar-refractivity contribution < 1.29 is 14.7 Å². The minimum atomic E-state index is -0.754. The molecule has 2 saturated carbocycles. The summed E-state index contributed by atoms with van der Waals surface area (Å²) in [5.74, 6) is -1.000. The van der Waals surface area contributed by atoms with Crippen LogP contribution in [0, 0.1) is 11.8 Å². The van der Waals surface area contributed by atoms with Gasteiger partial charge in [0.2, 0.25) is 5.91 Å². The van der Waals surface area contributed by atoms with Crippen LogP contribution in [0.4, 0.5) is 0 Å². The number of carboxylic acid groups (broad SMARTS) is 1. The van der Waals surface area contributed by atoms with Gasteiger partial charge in [-0.05, 0) is 54.5 Å². The first-order valence-electron chi connectivity index (χ1n) is 7.19. The summed E-state index contributed by atoms with van der Waals surface area (Å²) < 4.78 is 0. The topological polar surface area (TPSA) is 57.6 Å². The van der Waals surface area contributed by atoms with Crippen LogP contribution in [0.3, 0.4) is 0 Å². The van der Waals surface area contributed by atoms with Crippen molar-refractivity contribution in [1.82, 2.24) is 4.90 Å². The number of carbonyl (C=O) groups is 2. The lowest BCUT2D eigenvalue weighted by Gasteiger charge is -2.25. The zero-order valence-electron chi connectivity index (χ0n) is 11.3. The number of carboxylic acids is 1. The van der Waals surface area contributed by atoms with Crippen LogP contribution >= 0.6 is 11.3 Å². The predicted octanol–water partition coefficient (Wildman–Crippen LogP) is 2.74. The van der Waals surface area contributed by atoms with Crippen molar-refractivity contribution in [2.75, 3.05) is 0 Å². The van der Waals surface area contributed by atoms with Crippen molar-refractivity contribution in [3.8, 4) is 0 Å². The first-order valence-corrected chi connectivity index (χ1v) is 8.14. The average Bonchev–Trinajstić information content (AvgIpc) is 2.95. The van der Waals surface area contributed by atoms with Crippen molar-refractivity contribution in [1.29, 1.82) is 0 Å². The maximum absolute atomic E-state index is 12.7. The Hall–Kier alpha value is -1.36. The molecule has 1 amide bonds. The minimum absolute atomic E-state index is 0.0877. The van der Waals surface area contributed by atoms with Crippen LogP contribution in [-0.2, 0) is 16.1 Å². The van der Waals surface area contributed by atoms with Crippen LogP contribution in [0.2, 0.25) is 0 Å². The highest BCUT2D eigenvalue weighted by atomic mass is 32.1. The Labute approximate surface area is 122 Å². The molecule has 2 atom stereocenters. The van der Waals surface area contributed by atoms with E-state index in [9.17, 15) is 9.59 Å². The molecule has 108 valence electrons. The molecule has 2 aliphatic rings. The highest BCUT2D eigenvalue weighted by Crippen LogP contribution is 2.36. The van der Waals surface area contributed by atoms with E-state index < -0.39 is 5.97 Å². The number of hydrogen-bond donors (Lipinski definition) is 1. The fraction of sp³-hybridized carbons (Fsp3) is 0.600. The third-order valence-corrected chi connectivity index (χ3v) is 5.07. The number of amides is 1. The normalized spacial score (nSPS) is 25.6. The van der Waals surface area contributed by atoms with Gasteiger partial charge < -0.3 is 10.0 Å². The third kappa shape index (κ3) is 2.87. The molecule has 3 rings (SSSR count). The SMILES string of the molecule is O=C(O)C1CCC(C(=O)N(Cc2ccsc2)C2CC2)C1. The Morgan fingerprint density at radius 3 is 2.55 bits per heavy atom. The molecule has 1 aromatic rings. The molecule has 2 unspecified atom stereocenters. The van der Waals surface area contributed by atoms with Crippen molar-refractivity contribution in [3.63, 3.8) is 0 Å². The lowest BCUT2D eigenvalue weighted by Crippen LogP contribution is -2.36. The van der Waals surface area contributed by atoms with Crippen LogP contribution in [0.15, 0.2) is 16.8 Å². The molecule has 0 spiro atoms. The third-order valence-electron chi connectivity index (χ3n) is 4.33. The molecular weight excluding hydrogens is 274 g/mol. The van der Waals surface area contributed by atoms with Gasteiger partial charge in [0.15, 0.2) is 0 Å². The Bertz CT molecular complexity index is 495. The van der Waals surface area contributed by atoms with E-state index in [0.29, 0.717) is 25.4 Å². The molecular formula is C15H19NO3S. The lowest BCUT2D eigenvalue weighted by molar-refractivity contribution is -0.141. The van der Waals surface area contributed by atoms with E-state index >= 15 is 0 Å². The number of carbonyl (C=O) groups excluding carboxylic acids is 1. The summed E-state index contributed by atoms with van der Waals surface area (Å²) in [6.45, 7) is 0.682. The van der Waals surface area contributed by atoms with Gasteiger partial charge in [0.1, 0.15) is 0 Å². The first kappa shape index (κ1) is 13.6. The Kier molecular flexibility index (Phi) is 3.78. The molecule has 20 heavy (non-hydrogen) atoms. The van der Waals surface area contributed by atoms with Crippen LogP contribution in [-0.4, -0.2) is 27.9 Å². The minimum Gasteiger partial charge on any atom is -0.481 e. The smallest absolute Gasteiger partial charge is 0.306 e. The van der Waals surface area contributed by atoms with Crippen LogP contribution < -0.4 is 0 Å². The molecule has 0 aliphatic heterocycles. The highest BCUT2D eigenvalue weighted by molar-refractivity contribution is 7.07. The van der Waals surface area contributed by atoms with E-state index in [1.165, 1.54) is 5.56 Å². The first-order chi connectivity index (χ1) is 9.65. The summed E-state index contributed by atoms with van der Waals surface area (Å²) in [6, 6.07) is 2.44. The fourth-order valence-corrected chi connectivity index (χ4v) is 3.68. The van der Waals surface area contributed by atoms with Crippen LogP contribution in [0.25, 0.3) is 0 Å². The molecule has 2 aliphatic carbocycles. The molecule has 1 aromatic heterocycles. The largest absolute Gasteiger partial charge is 0.481 e. The van der Waals surface area contributed by atoms with E-state index in [1.807, 2.05) is 10.3 Å². The summed E-state index contributed by atoms with van der Waals surface area (Å²) in [5.41, 5.74) is 1.18. The Balaban J connectivity index is 1.65. The fourth-order valence-electron chi connectivity index (χ4n) is 3.02. The van der Waals surface area contributed by atoms with Crippen molar-refractivity contribution >= 4 is 23.2 Å². The second-order valence-electron chi connectivity index (χ2n) is 5.87. The zero-order chi connectivity index (χ0) is 14.1. The molecule has 4 nitrogen and oxygen atoms in total. The van der Waals surface area contributed by atoms with E-state index in [1.54, 1.807) is 11.3 Å². The number of nitrogens with zero attached hydrogens (tertiary/aromatic N) is 1. The van der Waals surface area contributed by atoms with Gasteiger partial charge in [0.25, 0.3) is 0 Å². The Morgan fingerprint density at radius 1 is 1.25 bits per heavy atom. The number of rotatable bonds is 5. The second kappa shape index (κ2) is 5.56. The molecule has 1 N–H and O–H groups in total. The Morgan fingerprint density at radius 2 is 2.00 bits per heavy atom. The summed E-state index contributed by atoms with van der Waals surface area (Å²) in [7, 11) is 0. The number of thiophene rings is 1. The average molecular weight is 293 g/mol. The summed E-state index contributed by atoms with van der Waals surface area (Å²) >= 11 is 1.65. The van der Waals surface area contributed by atoms with Gasteiger partial charge in [-0.25, -0.2) is 0 Å². The van der Waals surface area contributed by atoms with E-state index in [2.05, 4.69) is 11.4 Å². The van der Waals surface area contributed by atoms with E-state index in [0.717, 1.165) is 19.3 Å². The van der Waals surface area contributed by atoms with E-state index in [4.69, 9.17) is 5.11 Å². The highest BCUT2D eigenvalue weighted by Gasteiger charge is 2.40. The van der Waals surface area contributed by atoms with E-state index in [-0.39, 0.29) is 17.7 Å². The van der Waals surface area contributed by atoms with Gasteiger partial charge in [0, 0.05) is 18.5 Å². The van der Waals surface area contributed by atoms with Crippen molar-refractivity contribution in [2.45, 2.75) is 44.7 Å². The molecule has 2 fully saturated rings. The monoisotopic (exact) mass is 293 g/mol. The molecule has 1 heterocycles. The second-order valence-corrected chi connectivity index (χ2v) is 6.65. The number of aliphatic carboxylic acids is 1. The predicted molar refractivity (Wildman–Crippen MR) is 76.4 cm³/mol. The lowest BCUT2D eigenvalue weighted by atomic mass is 10.0. The number of hydrogen-bond acceptors (Lipinski definition) is 3. The molecule has 0 radical (unpaired) electrons. The van der Waals surface area contributed by atoms with Crippen molar-refractivity contribution in [2.24, 2.45) is 11.8 Å². The summed E-state index contributed by atoms with van der Waals surface area (Å²) in [4.78, 5) is 25.7. The van der Waals surface area contributed by atoms with Gasteiger partial charge in [-0.1, -0.05) is 0 Å². The van der Waals surface area contributed by atoms with Crippen molar-refractivity contribution in [3.05, 3.63) is 22.4 Å². The maximum atomic E-state index is 12.7. The van der Waals surface area contributed by atoms with Crippen LogP contribution in [0.5, 0.6) is 0 Å². The van der Waals surface area contributed by atoms with Gasteiger partial charge in [-0.15, -0.1) is 0 Å². The molecule has 5 heteroatoms. The summed E-state index contributed by atoms with van der Waals surface area (Å²) in [5, 5.41) is 13.2. The zero-order valence-corrected chi connectivity index (χ0v) is 12.1. The molecule has 0 saturated heterocycles. The standard InChI is InChI=1S/C15H19NO3S/c17-14(11-1-2-12(7-11)15(18)19)16(13-3-4-13)8-10-5-6-20-9-10/h5-6,9,11-13H,1-4,7-8H2,(H,18,19). The van der Waals surface area contributed by atoms with Gasteiger partial charge in [-0.2, -0.15) is 11.3 Å². The molecule has 0 bridgehead atoms. The maximum Gasteiger partial charge on any atom is 0.306 e. The van der Waals surface area contributed by atoms with Gasteiger partial charge in [-0.3, -0.25) is 9.59 Å².